The number of rotatable bonds is 2. The predicted molar refractivity (Wildman–Crippen MR) is 85.0 cm³/mol. The van der Waals surface area contributed by atoms with Gasteiger partial charge in [0.1, 0.15) is 0 Å². The van der Waals surface area contributed by atoms with Crippen molar-refractivity contribution in [3.8, 4) is 0 Å². The van der Waals surface area contributed by atoms with Gasteiger partial charge < -0.3 is 10.6 Å². The topological polar surface area (TPSA) is 64.2 Å². The second kappa shape index (κ2) is 6.08. The van der Waals surface area contributed by atoms with Crippen LogP contribution in [0.2, 0.25) is 0 Å². The minimum Gasteiger partial charge on any atom is -0.396 e. The number of likely N-dealkylation sites (tertiary alicyclic amines) is 1. The maximum atomic E-state index is 12.6. The molecule has 2 heterocycles. The SMILES string of the molecule is CCn1cc(N)c(C(=O)N2CCCC(C(C)(C)C)CC2)n1. The maximum Gasteiger partial charge on any atom is 0.276 e. The third kappa shape index (κ3) is 3.57. The van der Waals surface area contributed by atoms with E-state index >= 15 is 0 Å². The molecule has 1 atom stereocenters. The van der Waals surface area contributed by atoms with Crippen molar-refractivity contribution in [3.63, 3.8) is 0 Å². The molecule has 1 aromatic heterocycles. The van der Waals surface area contributed by atoms with Crippen LogP contribution in [0.3, 0.4) is 0 Å². The Morgan fingerprint density at radius 3 is 2.67 bits per heavy atom. The first-order valence-corrected chi connectivity index (χ1v) is 7.95. The van der Waals surface area contributed by atoms with E-state index in [1.807, 2.05) is 11.8 Å². The number of aromatic nitrogens is 2. The molecule has 1 fully saturated rings. The molecule has 5 heteroatoms. The lowest BCUT2D eigenvalue weighted by atomic mass is 9.77. The zero-order chi connectivity index (χ0) is 15.6. The molecule has 1 saturated heterocycles. The Morgan fingerprint density at radius 2 is 2.10 bits per heavy atom. The molecule has 2 rings (SSSR count). The van der Waals surface area contributed by atoms with Gasteiger partial charge >= 0.3 is 0 Å². The van der Waals surface area contributed by atoms with Gasteiger partial charge in [-0.1, -0.05) is 20.8 Å². The highest BCUT2D eigenvalue weighted by atomic mass is 16.2. The molecule has 1 amide bonds. The Morgan fingerprint density at radius 1 is 1.38 bits per heavy atom. The summed E-state index contributed by atoms with van der Waals surface area (Å²) in [6.07, 6.45) is 5.04. The Balaban J connectivity index is 2.08. The van der Waals surface area contributed by atoms with E-state index in [-0.39, 0.29) is 5.91 Å². The van der Waals surface area contributed by atoms with Gasteiger partial charge in [-0.3, -0.25) is 9.48 Å². The molecule has 1 unspecified atom stereocenters. The quantitative estimate of drug-likeness (QED) is 0.911. The van der Waals surface area contributed by atoms with Crippen molar-refractivity contribution in [1.82, 2.24) is 14.7 Å². The Bertz CT molecular complexity index is 501. The lowest BCUT2D eigenvalue weighted by molar-refractivity contribution is 0.0750. The molecule has 1 aliphatic heterocycles. The van der Waals surface area contributed by atoms with E-state index in [0.717, 1.165) is 32.5 Å². The van der Waals surface area contributed by atoms with E-state index in [9.17, 15) is 4.79 Å². The van der Waals surface area contributed by atoms with E-state index in [4.69, 9.17) is 5.73 Å². The number of carbonyl (C=O) groups excluding carboxylic acids is 1. The van der Waals surface area contributed by atoms with Crippen molar-refractivity contribution < 1.29 is 4.79 Å². The van der Waals surface area contributed by atoms with Crippen molar-refractivity contribution >= 4 is 11.6 Å². The standard InChI is InChI=1S/C16H28N4O/c1-5-20-11-13(17)14(18-20)15(21)19-9-6-7-12(8-10-19)16(2,3)4/h11-12H,5-10,17H2,1-4H3. The van der Waals surface area contributed by atoms with Crippen LogP contribution in [0, 0.1) is 11.3 Å². The summed E-state index contributed by atoms with van der Waals surface area (Å²) in [4.78, 5) is 14.6. The van der Waals surface area contributed by atoms with Gasteiger partial charge in [0.25, 0.3) is 5.91 Å². The molecule has 118 valence electrons. The lowest BCUT2D eigenvalue weighted by Gasteiger charge is -2.29. The van der Waals surface area contributed by atoms with Crippen LogP contribution in [-0.4, -0.2) is 33.7 Å². The Hall–Kier alpha value is -1.52. The van der Waals surface area contributed by atoms with E-state index < -0.39 is 0 Å². The number of nitrogen functional groups attached to an aromatic ring is 1. The normalized spacial score (nSPS) is 20.4. The molecular formula is C16H28N4O. The van der Waals surface area contributed by atoms with Gasteiger partial charge in [-0.25, -0.2) is 0 Å². The van der Waals surface area contributed by atoms with Crippen LogP contribution >= 0.6 is 0 Å². The highest BCUT2D eigenvalue weighted by molar-refractivity contribution is 5.97. The molecule has 0 radical (unpaired) electrons. The van der Waals surface area contributed by atoms with Crippen LogP contribution < -0.4 is 5.73 Å². The van der Waals surface area contributed by atoms with Crippen molar-refractivity contribution in [2.24, 2.45) is 11.3 Å². The summed E-state index contributed by atoms with van der Waals surface area (Å²) in [7, 11) is 0. The molecule has 5 nitrogen and oxygen atoms in total. The van der Waals surface area contributed by atoms with Crippen LogP contribution in [0.4, 0.5) is 5.69 Å². The number of amides is 1. The van der Waals surface area contributed by atoms with Crippen LogP contribution in [0.25, 0.3) is 0 Å². The number of nitrogens with zero attached hydrogens (tertiary/aromatic N) is 3. The number of carbonyl (C=O) groups is 1. The molecule has 1 aliphatic rings. The highest BCUT2D eigenvalue weighted by Crippen LogP contribution is 2.34. The van der Waals surface area contributed by atoms with Crippen LogP contribution in [0.5, 0.6) is 0 Å². The summed E-state index contributed by atoms with van der Waals surface area (Å²) in [6, 6.07) is 0. The number of anilines is 1. The first kappa shape index (κ1) is 15.9. The summed E-state index contributed by atoms with van der Waals surface area (Å²) in [5, 5.41) is 4.30. The van der Waals surface area contributed by atoms with Gasteiger partial charge in [-0.05, 0) is 37.5 Å². The number of hydrogen-bond acceptors (Lipinski definition) is 3. The summed E-state index contributed by atoms with van der Waals surface area (Å²) in [5.74, 6) is 0.648. The second-order valence-electron chi connectivity index (χ2n) is 7.07. The maximum absolute atomic E-state index is 12.6. The number of nitrogens with two attached hydrogens (primary N) is 1. The molecule has 1 aromatic rings. The molecule has 21 heavy (non-hydrogen) atoms. The van der Waals surface area contributed by atoms with Gasteiger partial charge in [0, 0.05) is 25.8 Å². The Kier molecular flexibility index (Phi) is 4.59. The smallest absolute Gasteiger partial charge is 0.276 e. The lowest BCUT2D eigenvalue weighted by Crippen LogP contribution is -2.33. The fourth-order valence-electron chi connectivity index (χ4n) is 3.08. The van der Waals surface area contributed by atoms with Crippen LogP contribution in [0.1, 0.15) is 57.4 Å². The van der Waals surface area contributed by atoms with E-state index in [2.05, 4.69) is 25.9 Å². The molecule has 0 aromatic carbocycles. The van der Waals surface area contributed by atoms with Gasteiger partial charge in [0.15, 0.2) is 5.69 Å². The zero-order valence-corrected chi connectivity index (χ0v) is 13.7. The van der Waals surface area contributed by atoms with Crippen molar-refractivity contribution in [2.45, 2.75) is 53.5 Å². The van der Waals surface area contributed by atoms with Gasteiger partial charge in [0.05, 0.1) is 5.69 Å². The molecule has 0 saturated carbocycles. The fraction of sp³-hybridized carbons (Fsp3) is 0.750. The second-order valence-corrected chi connectivity index (χ2v) is 7.07. The van der Waals surface area contributed by atoms with E-state index in [0.29, 0.717) is 22.7 Å². The van der Waals surface area contributed by atoms with Crippen molar-refractivity contribution in [3.05, 3.63) is 11.9 Å². The fourth-order valence-corrected chi connectivity index (χ4v) is 3.08. The molecule has 2 N–H and O–H groups in total. The van der Waals surface area contributed by atoms with E-state index in [1.165, 1.54) is 6.42 Å². The number of aryl methyl sites for hydroxylation is 1. The van der Waals surface area contributed by atoms with Crippen LogP contribution in [0.15, 0.2) is 6.20 Å². The summed E-state index contributed by atoms with van der Waals surface area (Å²) in [6.45, 7) is 11.2. The largest absolute Gasteiger partial charge is 0.396 e. The van der Waals surface area contributed by atoms with Crippen molar-refractivity contribution in [1.29, 1.82) is 0 Å². The summed E-state index contributed by atoms with van der Waals surface area (Å²) in [5.41, 5.74) is 7.13. The predicted octanol–water partition coefficient (Wildman–Crippen LogP) is 2.77. The number of hydrogen-bond donors (Lipinski definition) is 1. The third-order valence-electron chi connectivity index (χ3n) is 4.56. The third-order valence-corrected chi connectivity index (χ3v) is 4.56. The highest BCUT2D eigenvalue weighted by Gasteiger charge is 2.29. The molecule has 0 bridgehead atoms. The van der Waals surface area contributed by atoms with Crippen molar-refractivity contribution in [2.75, 3.05) is 18.8 Å². The first-order chi connectivity index (χ1) is 9.82. The summed E-state index contributed by atoms with van der Waals surface area (Å²) >= 11 is 0. The molecule has 0 spiro atoms. The van der Waals surface area contributed by atoms with Gasteiger partial charge in [-0.15, -0.1) is 0 Å². The van der Waals surface area contributed by atoms with E-state index in [1.54, 1.807) is 10.9 Å². The monoisotopic (exact) mass is 292 g/mol. The first-order valence-electron chi connectivity index (χ1n) is 7.95. The van der Waals surface area contributed by atoms with Crippen LogP contribution in [-0.2, 0) is 6.54 Å². The van der Waals surface area contributed by atoms with Gasteiger partial charge in [-0.2, -0.15) is 5.10 Å². The zero-order valence-electron chi connectivity index (χ0n) is 13.7. The molecular weight excluding hydrogens is 264 g/mol. The van der Waals surface area contributed by atoms with Gasteiger partial charge in [0.2, 0.25) is 0 Å². The Labute approximate surface area is 127 Å². The minimum absolute atomic E-state index is 0.0192. The molecule has 0 aliphatic carbocycles. The average Bonchev–Trinajstić information content (AvgIpc) is 2.63. The summed E-state index contributed by atoms with van der Waals surface area (Å²) < 4.78 is 1.72. The minimum atomic E-state index is -0.0192. The average molecular weight is 292 g/mol.